The summed E-state index contributed by atoms with van der Waals surface area (Å²) >= 11 is 0. The Bertz CT molecular complexity index is 1120. The lowest BCUT2D eigenvalue weighted by atomic mass is 9.78. The van der Waals surface area contributed by atoms with E-state index in [2.05, 4.69) is 15.4 Å². The molecule has 0 saturated heterocycles. The zero-order valence-corrected chi connectivity index (χ0v) is 15.8. The molecule has 29 heavy (non-hydrogen) atoms. The fraction of sp³-hybridized carbons (Fsp3) is 0.227. The summed E-state index contributed by atoms with van der Waals surface area (Å²) in [6.07, 6.45) is 2.42. The van der Waals surface area contributed by atoms with Gasteiger partial charge in [0.2, 0.25) is 5.95 Å². The van der Waals surface area contributed by atoms with Gasteiger partial charge in [0.05, 0.1) is 7.11 Å². The second-order valence-electron chi connectivity index (χ2n) is 7.27. The highest BCUT2D eigenvalue weighted by Gasteiger charge is 2.40. The van der Waals surface area contributed by atoms with Crippen molar-refractivity contribution in [3.05, 3.63) is 83.1 Å². The summed E-state index contributed by atoms with van der Waals surface area (Å²) in [5, 5.41) is 7.51. The van der Waals surface area contributed by atoms with Crippen LogP contribution >= 0.6 is 0 Å². The van der Waals surface area contributed by atoms with Crippen LogP contribution in [0.4, 0.5) is 10.3 Å². The van der Waals surface area contributed by atoms with Gasteiger partial charge in [-0.25, -0.2) is 9.07 Å². The van der Waals surface area contributed by atoms with Gasteiger partial charge in [0.15, 0.2) is 5.78 Å². The van der Waals surface area contributed by atoms with Crippen molar-refractivity contribution in [1.29, 1.82) is 0 Å². The Morgan fingerprint density at radius 2 is 1.93 bits per heavy atom. The van der Waals surface area contributed by atoms with Gasteiger partial charge in [0, 0.05) is 23.3 Å². The number of halogens is 1. The maximum Gasteiger partial charge on any atom is 0.226 e. The van der Waals surface area contributed by atoms with E-state index in [1.165, 1.54) is 12.4 Å². The van der Waals surface area contributed by atoms with Crippen molar-refractivity contribution in [2.75, 3.05) is 12.4 Å². The molecule has 0 saturated carbocycles. The number of methoxy groups -OCH3 is 1. The molecular weight excluding hydrogens is 371 g/mol. The molecule has 0 bridgehead atoms. The van der Waals surface area contributed by atoms with Crippen molar-refractivity contribution in [3.63, 3.8) is 0 Å². The lowest BCUT2D eigenvalue weighted by Crippen LogP contribution is -2.34. The summed E-state index contributed by atoms with van der Waals surface area (Å²) in [6.45, 7) is 0. The molecule has 146 valence electrons. The van der Waals surface area contributed by atoms with Crippen LogP contribution in [0.2, 0.25) is 0 Å². The third-order valence-corrected chi connectivity index (χ3v) is 5.65. The Morgan fingerprint density at radius 3 is 2.69 bits per heavy atom. The maximum absolute atomic E-state index is 14.6. The number of ether oxygens (including phenoxy) is 1. The van der Waals surface area contributed by atoms with Crippen molar-refractivity contribution in [2.45, 2.75) is 24.8 Å². The first kappa shape index (κ1) is 17.6. The molecule has 1 aromatic heterocycles. The van der Waals surface area contributed by atoms with Crippen LogP contribution in [0.3, 0.4) is 0 Å². The zero-order valence-electron chi connectivity index (χ0n) is 15.8. The maximum atomic E-state index is 14.6. The minimum absolute atomic E-state index is 0.00558. The molecule has 2 atom stereocenters. The minimum Gasteiger partial charge on any atom is -0.497 e. The number of allylic oxidation sites excluding steroid dienone is 2. The molecule has 1 aliphatic carbocycles. The second kappa shape index (κ2) is 6.84. The number of ketones is 1. The summed E-state index contributed by atoms with van der Waals surface area (Å²) in [4.78, 5) is 17.5. The van der Waals surface area contributed by atoms with Crippen LogP contribution in [-0.2, 0) is 4.79 Å². The molecule has 0 spiro atoms. The molecule has 6 nitrogen and oxygen atoms in total. The van der Waals surface area contributed by atoms with Gasteiger partial charge < -0.3 is 10.1 Å². The number of benzene rings is 2. The van der Waals surface area contributed by atoms with Crippen LogP contribution in [0.5, 0.6) is 5.75 Å². The summed E-state index contributed by atoms with van der Waals surface area (Å²) in [5.74, 6) is 0.960. The Balaban J connectivity index is 1.57. The molecule has 0 fully saturated rings. The SMILES string of the molecule is COc1ccc([C@H]2CC(=O)C3=C(C2)Nc2ncnn2[C@@H]3c2ccccc2F)cc1. The lowest BCUT2D eigenvalue weighted by Gasteiger charge is -2.35. The molecule has 0 unspecified atom stereocenters. The van der Waals surface area contributed by atoms with Crippen LogP contribution in [0.1, 0.15) is 35.9 Å². The molecule has 2 aliphatic rings. The topological polar surface area (TPSA) is 69.0 Å². The van der Waals surface area contributed by atoms with E-state index in [4.69, 9.17) is 4.74 Å². The van der Waals surface area contributed by atoms with Crippen LogP contribution in [0.25, 0.3) is 0 Å². The van der Waals surface area contributed by atoms with Crippen molar-refractivity contribution in [2.24, 2.45) is 0 Å². The number of nitrogens with one attached hydrogen (secondary N) is 1. The van der Waals surface area contributed by atoms with E-state index in [-0.39, 0.29) is 17.5 Å². The Kier molecular flexibility index (Phi) is 4.16. The van der Waals surface area contributed by atoms with Crippen LogP contribution in [0, 0.1) is 5.82 Å². The van der Waals surface area contributed by atoms with Gasteiger partial charge in [-0.2, -0.15) is 10.1 Å². The highest BCUT2D eigenvalue weighted by molar-refractivity contribution is 6.00. The minimum atomic E-state index is -0.616. The third-order valence-electron chi connectivity index (χ3n) is 5.65. The number of nitrogens with zero attached hydrogens (tertiary/aromatic N) is 3. The van der Waals surface area contributed by atoms with E-state index in [0.29, 0.717) is 29.9 Å². The predicted octanol–water partition coefficient (Wildman–Crippen LogP) is 3.84. The molecule has 5 rings (SSSR count). The largest absolute Gasteiger partial charge is 0.497 e. The van der Waals surface area contributed by atoms with Gasteiger partial charge in [0.1, 0.15) is 23.9 Å². The third kappa shape index (κ3) is 2.90. The van der Waals surface area contributed by atoms with Gasteiger partial charge in [-0.1, -0.05) is 30.3 Å². The first-order valence-corrected chi connectivity index (χ1v) is 9.47. The van der Waals surface area contributed by atoms with Gasteiger partial charge >= 0.3 is 0 Å². The summed E-state index contributed by atoms with van der Waals surface area (Å²) in [7, 11) is 1.63. The van der Waals surface area contributed by atoms with E-state index < -0.39 is 6.04 Å². The first-order valence-electron chi connectivity index (χ1n) is 9.47. The number of hydrogen-bond acceptors (Lipinski definition) is 5. The highest BCUT2D eigenvalue weighted by atomic mass is 19.1. The molecule has 7 heteroatoms. The molecular formula is C22H19FN4O2. The number of fused-ring (bicyclic) bond motifs is 1. The second-order valence-corrected chi connectivity index (χ2v) is 7.27. The Hall–Kier alpha value is -3.48. The van der Waals surface area contributed by atoms with Crippen molar-refractivity contribution >= 4 is 11.7 Å². The van der Waals surface area contributed by atoms with E-state index in [9.17, 15) is 9.18 Å². The van der Waals surface area contributed by atoms with E-state index in [1.54, 1.807) is 30.0 Å². The normalized spacial score (nSPS) is 20.7. The fourth-order valence-corrected chi connectivity index (χ4v) is 4.25. The summed E-state index contributed by atoms with van der Waals surface area (Å²) < 4.78 is 21.5. The fourth-order valence-electron chi connectivity index (χ4n) is 4.25. The smallest absolute Gasteiger partial charge is 0.226 e. The predicted molar refractivity (Wildman–Crippen MR) is 105 cm³/mol. The van der Waals surface area contributed by atoms with E-state index in [1.807, 2.05) is 24.3 Å². The summed E-state index contributed by atoms with van der Waals surface area (Å²) in [5.41, 5.74) is 2.85. The van der Waals surface area contributed by atoms with Crippen LogP contribution in [0.15, 0.2) is 66.1 Å². The highest BCUT2D eigenvalue weighted by Crippen LogP contribution is 2.44. The Labute approximate surface area is 167 Å². The standard InChI is InChI=1S/C22H19FN4O2/c1-29-15-8-6-13(7-9-15)14-10-18-20(19(28)11-14)21(16-4-2-3-5-17(16)23)27-22(26-18)24-12-25-27/h2-9,12,14,21H,10-11H2,1H3,(H,24,25,26)/t14-,21-/m1/s1. The number of rotatable bonds is 3. The monoisotopic (exact) mass is 390 g/mol. The number of carbonyl (C=O) groups is 1. The van der Waals surface area contributed by atoms with Crippen molar-refractivity contribution in [3.8, 4) is 5.75 Å². The van der Waals surface area contributed by atoms with E-state index >= 15 is 0 Å². The molecule has 2 aromatic carbocycles. The number of hydrogen-bond donors (Lipinski definition) is 1. The zero-order chi connectivity index (χ0) is 20.0. The van der Waals surface area contributed by atoms with E-state index in [0.717, 1.165) is 17.0 Å². The first-order chi connectivity index (χ1) is 14.2. The molecule has 1 aliphatic heterocycles. The molecule has 1 N–H and O–H groups in total. The van der Waals surface area contributed by atoms with Gasteiger partial charge in [-0.05, 0) is 36.1 Å². The van der Waals surface area contributed by atoms with Crippen LogP contribution in [-0.4, -0.2) is 27.7 Å². The number of Topliss-reactive ketones (excluding diaryl/α,β-unsaturated/α-hetero) is 1. The van der Waals surface area contributed by atoms with Crippen LogP contribution < -0.4 is 10.1 Å². The quantitative estimate of drug-likeness (QED) is 0.736. The van der Waals surface area contributed by atoms with Crippen molar-refractivity contribution in [1.82, 2.24) is 14.8 Å². The lowest BCUT2D eigenvalue weighted by molar-refractivity contribution is -0.116. The van der Waals surface area contributed by atoms with Gasteiger partial charge in [0.25, 0.3) is 0 Å². The molecule has 0 radical (unpaired) electrons. The summed E-state index contributed by atoms with van der Waals surface area (Å²) in [6, 6.07) is 13.7. The number of carbonyl (C=O) groups excluding carboxylic acids is 1. The number of aromatic nitrogens is 3. The Morgan fingerprint density at radius 1 is 1.14 bits per heavy atom. The molecule has 2 heterocycles. The average Bonchev–Trinajstić information content (AvgIpc) is 3.21. The molecule has 3 aromatic rings. The average molecular weight is 390 g/mol. The molecule has 0 amide bonds. The number of anilines is 1. The van der Waals surface area contributed by atoms with Gasteiger partial charge in [-0.3, -0.25) is 4.79 Å². The van der Waals surface area contributed by atoms with Gasteiger partial charge in [-0.15, -0.1) is 0 Å². The van der Waals surface area contributed by atoms with Crippen molar-refractivity contribution < 1.29 is 13.9 Å².